The number of rotatable bonds is 4. The predicted molar refractivity (Wildman–Crippen MR) is 71.7 cm³/mol. The molecule has 0 saturated carbocycles. The van der Waals surface area contributed by atoms with Crippen LogP contribution in [-0.2, 0) is 11.2 Å². The van der Waals surface area contributed by atoms with E-state index in [1.54, 1.807) is 25.1 Å². The zero-order valence-electron chi connectivity index (χ0n) is 11.6. The smallest absolute Gasteiger partial charge is 0.340 e. The van der Waals surface area contributed by atoms with Gasteiger partial charge in [-0.1, -0.05) is 0 Å². The Morgan fingerprint density at radius 2 is 2.10 bits per heavy atom. The summed E-state index contributed by atoms with van der Waals surface area (Å²) in [6.07, 6.45) is -0.438. The van der Waals surface area contributed by atoms with Gasteiger partial charge >= 0.3 is 5.63 Å². The summed E-state index contributed by atoms with van der Waals surface area (Å²) in [5.74, 6) is -0.706. The number of carboxylic acids is 1. The van der Waals surface area contributed by atoms with Crippen molar-refractivity contribution in [1.82, 2.24) is 0 Å². The fraction of sp³-hybridized carbons (Fsp3) is 0.333. The Labute approximate surface area is 115 Å². The van der Waals surface area contributed by atoms with Crippen LogP contribution in [0.25, 0.3) is 11.0 Å². The maximum atomic E-state index is 11.8. The van der Waals surface area contributed by atoms with Crippen LogP contribution in [0.3, 0.4) is 0 Å². The lowest BCUT2D eigenvalue weighted by molar-refractivity contribution is -0.304. The van der Waals surface area contributed by atoms with E-state index in [-0.39, 0.29) is 11.7 Å². The van der Waals surface area contributed by atoms with Crippen molar-refractivity contribution < 1.29 is 19.1 Å². The minimum atomic E-state index is -1.31. The zero-order chi connectivity index (χ0) is 14.9. The number of hydrogen-bond acceptors (Lipinski definition) is 5. The number of benzene rings is 1. The van der Waals surface area contributed by atoms with Gasteiger partial charge in [-0.2, -0.15) is 0 Å². The van der Waals surface area contributed by atoms with E-state index < -0.39 is 18.0 Å². The van der Waals surface area contributed by atoms with Crippen molar-refractivity contribution in [1.29, 1.82) is 0 Å². The monoisotopic (exact) mass is 275 g/mol. The molecule has 0 fully saturated rings. The Morgan fingerprint density at radius 1 is 1.40 bits per heavy atom. The summed E-state index contributed by atoms with van der Waals surface area (Å²) >= 11 is 0. The van der Waals surface area contributed by atoms with Crippen LogP contribution in [0.1, 0.15) is 25.0 Å². The highest BCUT2D eigenvalue weighted by Crippen LogP contribution is 2.24. The molecule has 5 nitrogen and oxygen atoms in total. The second kappa shape index (κ2) is 5.36. The van der Waals surface area contributed by atoms with Crippen molar-refractivity contribution in [2.45, 2.75) is 33.3 Å². The number of carbonyl (C=O) groups is 1. The highest BCUT2D eigenvalue weighted by atomic mass is 16.5. The highest BCUT2D eigenvalue weighted by molar-refractivity contribution is 5.83. The number of fused-ring (bicyclic) bond motifs is 1. The summed E-state index contributed by atoms with van der Waals surface area (Å²) in [4.78, 5) is 22.5. The van der Waals surface area contributed by atoms with Gasteiger partial charge in [0.2, 0.25) is 0 Å². The lowest BCUT2D eigenvalue weighted by atomic mass is 10.0. The van der Waals surface area contributed by atoms with E-state index in [1.165, 1.54) is 0 Å². The van der Waals surface area contributed by atoms with Gasteiger partial charge in [0.25, 0.3) is 0 Å². The Hall–Kier alpha value is -2.30. The first-order valence-corrected chi connectivity index (χ1v) is 6.31. The first-order chi connectivity index (χ1) is 9.38. The number of hydrogen-bond donors (Lipinski definition) is 0. The van der Waals surface area contributed by atoms with E-state index in [1.807, 2.05) is 13.8 Å². The molecule has 20 heavy (non-hydrogen) atoms. The van der Waals surface area contributed by atoms with Gasteiger partial charge in [0.15, 0.2) is 0 Å². The standard InChI is InChI=1S/C15H16O5/c1-8(2)19-10-4-5-11-9(3)12(7-14(16)17)15(18)20-13(11)6-10/h4-6,8H,7H2,1-3H3,(H,16,17)/p-1. The molecule has 0 radical (unpaired) electrons. The van der Waals surface area contributed by atoms with Gasteiger partial charge < -0.3 is 19.1 Å². The van der Waals surface area contributed by atoms with Gasteiger partial charge in [0.05, 0.1) is 6.10 Å². The molecule has 0 N–H and O–H groups in total. The van der Waals surface area contributed by atoms with E-state index in [0.717, 1.165) is 0 Å². The quantitative estimate of drug-likeness (QED) is 0.783. The van der Waals surface area contributed by atoms with E-state index >= 15 is 0 Å². The molecule has 5 heteroatoms. The molecule has 0 aliphatic carbocycles. The van der Waals surface area contributed by atoms with Crippen molar-refractivity contribution >= 4 is 16.9 Å². The number of aliphatic carboxylic acids is 1. The van der Waals surface area contributed by atoms with Crippen LogP contribution < -0.4 is 15.5 Å². The van der Waals surface area contributed by atoms with Gasteiger partial charge in [-0.3, -0.25) is 0 Å². The molecule has 2 rings (SSSR count). The molecule has 0 bridgehead atoms. The third-order valence-electron chi connectivity index (χ3n) is 2.95. The molecule has 106 valence electrons. The predicted octanol–water partition coefficient (Wildman–Crippen LogP) is 1.18. The van der Waals surface area contributed by atoms with E-state index in [4.69, 9.17) is 9.15 Å². The average molecular weight is 275 g/mol. The molecule has 0 unspecified atom stereocenters. The van der Waals surface area contributed by atoms with Gasteiger partial charge in [-0.05, 0) is 38.5 Å². The number of ether oxygens (including phenoxy) is 1. The summed E-state index contributed by atoms with van der Waals surface area (Å²) in [5, 5.41) is 11.4. The largest absolute Gasteiger partial charge is 0.550 e. The Balaban J connectivity index is 2.58. The number of carbonyl (C=O) groups excluding carboxylic acids is 1. The summed E-state index contributed by atoms with van der Waals surface area (Å²) in [5.41, 5.74) is 0.445. The van der Waals surface area contributed by atoms with Crippen LogP contribution in [0.15, 0.2) is 27.4 Å². The topological polar surface area (TPSA) is 79.6 Å². The molecule has 0 saturated heterocycles. The molecule has 1 heterocycles. The van der Waals surface area contributed by atoms with Crippen molar-refractivity contribution in [3.8, 4) is 5.75 Å². The van der Waals surface area contributed by atoms with Crippen molar-refractivity contribution in [3.05, 3.63) is 39.7 Å². The summed E-state index contributed by atoms with van der Waals surface area (Å²) in [6, 6.07) is 5.15. The van der Waals surface area contributed by atoms with Crippen molar-refractivity contribution in [3.63, 3.8) is 0 Å². The molecule has 0 amide bonds. The molecule has 0 atom stereocenters. The maximum Gasteiger partial charge on any atom is 0.340 e. The van der Waals surface area contributed by atoms with Gasteiger partial charge in [0, 0.05) is 29.4 Å². The fourth-order valence-electron chi connectivity index (χ4n) is 2.07. The van der Waals surface area contributed by atoms with E-state index in [2.05, 4.69) is 0 Å². The van der Waals surface area contributed by atoms with Crippen LogP contribution in [0.2, 0.25) is 0 Å². The minimum Gasteiger partial charge on any atom is -0.550 e. The SMILES string of the molecule is Cc1c(CC(=O)[O-])c(=O)oc2cc(OC(C)C)ccc12. The second-order valence-electron chi connectivity index (χ2n) is 4.87. The first-order valence-electron chi connectivity index (χ1n) is 6.31. The Morgan fingerprint density at radius 3 is 2.70 bits per heavy atom. The second-order valence-corrected chi connectivity index (χ2v) is 4.87. The highest BCUT2D eigenvalue weighted by Gasteiger charge is 2.12. The zero-order valence-corrected chi connectivity index (χ0v) is 11.6. The average Bonchev–Trinajstić information content (AvgIpc) is 2.33. The third-order valence-corrected chi connectivity index (χ3v) is 2.95. The molecular formula is C15H15O5-. The first kappa shape index (κ1) is 14.1. The minimum absolute atomic E-state index is 0.0117. The van der Waals surface area contributed by atoms with Crippen molar-refractivity contribution in [2.75, 3.05) is 0 Å². The third kappa shape index (κ3) is 2.82. The summed E-state index contributed by atoms with van der Waals surface area (Å²) in [6.45, 7) is 5.49. The molecule has 0 aliphatic rings. The fourth-order valence-corrected chi connectivity index (χ4v) is 2.07. The molecule has 0 spiro atoms. The van der Waals surface area contributed by atoms with Gasteiger partial charge in [0.1, 0.15) is 11.3 Å². The molecule has 0 aliphatic heterocycles. The molecular weight excluding hydrogens is 260 g/mol. The summed E-state index contributed by atoms with van der Waals surface area (Å²) < 4.78 is 10.7. The maximum absolute atomic E-state index is 11.8. The molecule has 2 aromatic rings. The Kier molecular flexibility index (Phi) is 3.79. The van der Waals surface area contributed by atoms with Gasteiger partial charge in [-0.25, -0.2) is 4.79 Å². The normalized spacial score (nSPS) is 11.0. The molecule has 1 aromatic carbocycles. The van der Waals surface area contributed by atoms with E-state index in [0.29, 0.717) is 22.3 Å². The Bertz CT molecular complexity index is 712. The van der Waals surface area contributed by atoms with Crippen LogP contribution in [0.4, 0.5) is 0 Å². The van der Waals surface area contributed by atoms with Crippen LogP contribution in [0, 0.1) is 6.92 Å². The number of aryl methyl sites for hydroxylation is 1. The van der Waals surface area contributed by atoms with Crippen LogP contribution in [-0.4, -0.2) is 12.1 Å². The van der Waals surface area contributed by atoms with Crippen LogP contribution in [0.5, 0.6) is 5.75 Å². The lowest BCUT2D eigenvalue weighted by Crippen LogP contribution is -2.27. The van der Waals surface area contributed by atoms with Crippen molar-refractivity contribution in [2.24, 2.45) is 0 Å². The molecule has 1 aromatic heterocycles. The lowest BCUT2D eigenvalue weighted by Gasteiger charge is -2.12. The van der Waals surface area contributed by atoms with Crippen LogP contribution >= 0.6 is 0 Å². The number of carboxylic acid groups (broad SMARTS) is 1. The van der Waals surface area contributed by atoms with Gasteiger partial charge in [-0.15, -0.1) is 0 Å². The summed E-state index contributed by atoms with van der Waals surface area (Å²) in [7, 11) is 0. The van der Waals surface area contributed by atoms with E-state index in [9.17, 15) is 14.7 Å².